The van der Waals surface area contributed by atoms with Crippen LogP contribution in [0.25, 0.3) is 0 Å². The first kappa shape index (κ1) is 9.28. The fourth-order valence-electron chi connectivity index (χ4n) is 1.17. The number of aromatic amines is 1. The van der Waals surface area contributed by atoms with Crippen molar-refractivity contribution >= 4 is 0 Å². The van der Waals surface area contributed by atoms with Crippen LogP contribution in [0.4, 0.5) is 0 Å². The lowest BCUT2D eigenvalue weighted by Gasteiger charge is -2.03. The van der Waals surface area contributed by atoms with Crippen molar-refractivity contribution < 1.29 is 4.74 Å². The van der Waals surface area contributed by atoms with Gasteiger partial charge in [0.15, 0.2) is 5.75 Å². The van der Waals surface area contributed by atoms with Crippen LogP contribution in [0.15, 0.2) is 30.5 Å². The van der Waals surface area contributed by atoms with Crippen molar-refractivity contribution in [1.82, 2.24) is 10.2 Å². The third-order valence-electron chi connectivity index (χ3n) is 1.99. The second-order valence-electron chi connectivity index (χ2n) is 3.10. The molecule has 0 aliphatic heterocycles. The molecule has 0 radical (unpaired) electrons. The summed E-state index contributed by atoms with van der Waals surface area (Å²) in [6.45, 7) is 1.88. The Morgan fingerprint density at radius 1 is 1.33 bits per heavy atom. The van der Waals surface area contributed by atoms with Crippen LogP contribution in [-0.2, 0) is 0 Å². The molecule has 0 aliphatic rings. The van der Waals surface area contributed by atoms with Gasteiger partial charge in [0.05, 0.1) is 23.5 Å². The molecule has 0 fully saturated rings. The number of H-pyrrole nitrogens is 1. The Bertz CT molecular complexity index is 493. The maximum absolute atomic E-state index is 8.62. The third-order valence-corrected chi connectivity index (χ3v) is 1.99. The Balaban J connectivity index is 2.19. The van der Waals surface area contributed by atoms with Crippen LogP contribution in [0.1, 0.15) is 11.3 Å². The zero-order valence-electron chi connectivity index (χ0n) is 8.19. The number of rotatable bonds is 2. The highest BCUT2D eigenvalue weighted by molar-refractivity contribution is 5.37. The smallest absolute Gasteiger partial charge is 0.167 e. The van der Waals surface area contributed by atoms with Gasteiger partial charge in [-0.15, -0.1) is 0 Å². The first-order valence-electron chi connectivity index (χ1n) is 4.47. The molecule has 15 heavy (non-hydrogen) atoms. The molecule has 1 aromatic carbocycles. The number of aryl methyl sites for hydroxylation is 1. The first-order valence-corrected chi connectivity index (χ1v) is 4.47. The van der Waals surface area contributed by atoms with E-state index < -0.39 is 0 Å². The summed E-state index contributed by atoms with van der Waals surface area (Å²) in [4.78, 5) is 0. The highest BCUT2D eigenvalue weighted by Crippen LogP contribution is 2.22. The van der Waals surface area contributed by atoms with Gasteiger partial charge in [-0.05, 0) is 31.2 Å². The van der Waals surface area contributed by atoms with Crippen LogP contribution in [0.2, 0.25) is 0 Å². The second-order valence-corrected chi connectivity index (χ2v) is 3.10. The molecule has 1 aromatic heterocycles. The number of hydrogen-bond acceptors (Lipinski definition) is 3. The number of ether oxygens (including phenoxy) is 1. The van der Waals surface area contributed by atoms with E-state index in [2.05, 4.69) is 16.3 Å². The molecule has 0 unspecified atom stereocenters. The summed E-state index contributed by atoms with van der Waals surface area (Å²) in [6.07, 6.45) is 1.62. The van der Waals surface area contributed by atoms with Gasteiger partial charge in [0.1, 0.15) is 5.75 Å². The Morgan fingerprint density at radius 2 is 2.07 bits per heavy atom. The van der Waals surface area contributed by atoms with Gasteiger partial charge in [-0.1, -0.05) is 0 Å². The predicted octanol–water partition coefficient (Wildman–Crippen LogP) is 2.38. The largest absolute Gasteiger partial charge is 0.454 e. The molecule has 0 saturated heterocycles. The first-order chi connectivity index (χ1) is 7.29. The van der Waals surface area contributed by atoms with Crippen molar-refractivity contribution in [2.24, 2.45) is 0 Å². The standard InChI is InChI=1S/C11H9N3O/c1-8-11(7-13-14-8)15-10-4-2-9(6-12)3-5-10/h2-5,7H,1H3,(H,13,14). The Labute approximate surface area is 87.1 Å². The molecule has 0 amide bonds. The lowest BCUT2D eigenvalue weighted by molar-refractivity contribution is 0.479. The summed E-state index contributed by atoms with van der Waals surface area (Å²) in [6, 6.07) is 8.99. The fraction of sp³-hybridized carbons (Fsp3) is 0.0909. The van der Waals surface area contributed by atoms with Crippen molar-refractivity contribution in [2.45, 2.75) is 6.92 Å². The van der Waals surface area contributed by atoms with Crippen molar-refractivity contribution in [2.75, 3.05) is 0 Å². The minimum atomic E-state index is 0.617. The lowest BCUT2D eigenvalue weighted by Crippen LogP contribution is -1.84. The molecule has 4 nitrogen and oxygen atoms in total. The van der Waals surface area contributed by atoms with Crippen molar-refractivity contribution in [3.63, 3.8) is 0 Å². The van der Waals surface area contributed by atoms with Gasteiger partial charge in [0.2, 0.25) is 0 Å². The monoisotopic (exact) mass is 199 g/mol. The minimum absolute atomic E-state index is 0.617. The topological polar surface area (TPSA) is 61.7 Å². The van der Waals surface area contributed by atoms with Gasteiger partial charge in [-0.3, -0.25) is 5.10 Å². The molecule has 74 valence electrons. The SMILES string of the molecule is Cc1[nH]ncc1Oc1ccc(C#N)cc1. The van der Waals surface area contributed by atoms with Crippen LogP contribution in [0.3, 0.4) is 0 Å². The highest BCUT2D eigenvalue weighted by atomic mass is 16.5. The van der Waals surface area contributed by atoms with Crippen molar-refractivity contribution in [1.29, 1.82) is 5.26 Å². The zero-order chi connectivity index (χ0) is 10.7. The number of hydrogen-bond donors (Lipinski definition) is 1. The molecule has 4 heteroatoms. The zero-order valence-corrected chi connectivity index (χ0v) is 8.19. The Morgan fingerprint density at radius 3 is 2.60 bits per heavy atom. The van der Waals surface area contributed by atoms with E-state index in [9.17, 15) is 0 Å². The van der Waals surface area contributed by atoms with E-state index in [1.54, 1.807) is 30.5 Å². The van der Waals surface area contributed by atoms with Crippen LogP contribution >= 0.6 is 0 Å². The van der Waals surface area contributed by atoms with Gasteiger partial charge >= 0.3 is 0 Å². The molecule has 0 aliphatic carbocycles. The number of aromatic nitrogens is 2. The van der Waals surface area contributed by atoms with E-state index in [0.717, 1.165) is 5.69 Å². The molecule has 1 N–H and O–H groups in total. The van der Waals surface area contributed by atoms with E-state index in [1.807, 2.05) is 6.92 Å². The van der Waals surface area contributed by atoms with Crippen molar-refractivity contribution in [3.8, 4) is 17.6 Å². The normalized spacial score (nSPS) is 9.60. The van der Waals surface area contributed by atoms with Gasteiger partial charge in [-0.2, -0.15) is 10.4 Å². The molecule has 0 atom stereocenters. The highest BCUT2D eigenvalue weighted by Gasteiger charge is 2.02. The summed E-state index contributed by atoms with van der Waals surface area (Å²) in [7, 11) is 0. The molecule has 1 heterocycles. The minimum Gasteiger partial charge on any atom is -0.454 e. The molecular weight excluding hydrogens is 190 g/mol. The van der Waals surface area contributed by atoms with Crippen LogP contribution in [-0.4, -0.2) is 10.2 Å². The molecule has 2 rings (SSSR count). The number of nitriles is 1. The van der Waals surface area contributed by atoms with Crippen LogP contribution < -0.4 is 4.74 Å². The van der Waals surface area contributed by atoms with Gasteiger partial charge in [-0.25, -0.2) is 0 Å². The average molecular weight is 199 g/mol. The number of nitrogens with zero attached hydrogens (tertiary/aromatic N) is 2. The third kappa shape index (κ3) is 1.97. The summed E-state index contributed by atoms with van der Waals surface area (Å²) < 4.78 is 5.55. The maximum Gasteiger partial charge on any atom is 0.167 e. The number of benzene rings is 1. The number of nitrogens with one attached hydrogen (secondary N) is 1. The quantitative estimate of drug-likeness (QED) is 0.807. The Kier molecular flexibility index (Phi) is 2.38. The van der Waals surface area contributed by atoms with E-state index in [0.29, 0.717) is 17.1 Å². The molecular formula is C11H9N3O. The van der Waals surface area contributed by atoms with Gasteiger partial charge < -0.3 is 4.74 Å². The van der Waals surface area contributed by atoms with Crippen molar-refractivity contribution in [3.05, 3.63) is 41.7 Å². The summed E-state index contributed by atoms with van der Waals surface area (Å²) in [5.74, 6) is 1.39. The summed E-state index contributed by atoms with van der Waals surface area (Å²) >= 11 is 0. The Hall–Kier alpha value is -2.28. The molecule has 0 spiro atoms. The van der Waals surface area contributed by atoms with E-state index in [1.165, 1.54) is 0 Å². The second kappa shape index (κ2) is 3.84. The van der Waals surface area contributed by atoms with Gasteiger partial charge in [0, 0.05) is 0 Å². The van der Waals surface area contributed by atoms with E-state index in [4.69, 9.17) is 10.00 Å². The van der Waals surface area contributed by atoms with E-state index >= 15 is 0 Å². The van der Waals surface area contributed by atoms with Crippen LogP contribution in [0, 0.1) is 18.3 Å². The van der Waals surface area contributed by atoms with Crippen LogP contribution in [0.5, 0.6) is 11.5 Å². The fourth-order valence-corrected chi connectivity index (χ4v) is 1.17. The van der Waals surface area contributed by atoms with Gasteiger partial charge in [0.25, 0.3) is 0 Å². The maximum atomic E-state index is 8.62. The molecule has 2 aromatic rings. The predicted molar refractivity (Wildman–Crippen MR) is 54.6 cm³/mol. The summed E-state index contributed by atoms with van der Waals surface area (Å²) in [5.41, 5.74) is 1.49. The molecule has 0 saturated carbocycles. The summed E-state index contributed by atoms with van der Waals surface area (Å²) in [5, 5.41) is 15.3. The average Bonchev–Trinajstić information content (AvgIpc) is 2.66. The molecule has 0 bridgehead atoms. The van der Waals surface area contributed by atoms with E-state index in [-0.39, 0.29) is 0 Å². The lowest BCUT2D eigenvalue weighted by atomic mass is 10.2.